The molecule has 3 N–H and O–H groups in total. The van der Waals surface area contributed by atoms with Crippen LogP contribution in [0.15, 0.2) is 64.0 Å². The first-order chi connectivity index (χ1) is 16.9. The van der Waals surface area contributed by atoms with Crippen molar-refractivity contribution >= 4 is 40.2 Å². The molecule has 35 heavy (non-hydrogen) atoms. The molecule has 0 saturated heterocycles. The minimum Gasteiger partial charge on any atom is -0.545 e. The Morgan fingerprint density at radius 1 is 0.971 bits per heavy atom. The van der Waals surface area contributed by atoms with E-state index in [9.17, 15) is 14.7 Å². The Labute approximate surface area is 211 Å². The molecule has 0 fully saturated rings. The van der Waals surface area contributed by atoms with E-state index in [2.05, 4.69) is 45.0 Å². The number of carboxylic acid groups (broad SMARTS) is 2. The molecule has 0 atom stereocenters. The number of methoxy groups -OCH3 is 3. The Hall–Kier alpha value is -3.60. The smallest absolute Gasteiger partial charge is 0.328 e. The SMILES string of the molecule is COc1cc(C[NH2+]CC=C(c2ccsc2)c2ccsc2)cc(OC)c1OC.O=C([O-])/C=C/C(=O)O. The van der Waals surface area contributed by atoms with Gasteiger partial charge >= 0.3 is 5.97 Å². The van der Waals surface area contributed by atoms with Gasteiger partial charge in [-0.3, -0.25) is 0 Å². The molecule has 0 unspecified atom stereocenters. The van der Waals surface area contributed by atoms with Crippen molar-refractivity contribution in [3.63, 3.8) is 0 Å². The Morgan fingerprint density at radius 3 is 1.91 bits per heavy atom. The molecule has 1 aromatic carbocycles. The van der Waals surface area contributed by atoms with E-state index in [-0.39, 0.29) is 0 Å². The molecule has 0 aliphatic carbocycles. The number of hydrogen-bond acceptors (Lipinski definition) is 8. The summed E-state index contributed by atoms with van der Waals surface area (Å²) in [5.41, 5.74) is 4.98. The minimum absolute atomic E-state index is 0.447. The lowest BCUT2D eigenvalue weighted by atomic mass is 10.0. The first-order valence-electron chi connectivity index (χ1n) is 10.4. The van der Waals surface area contributed by atoms with E-state index < -0.39 is 11.9 Å². The number of hydrogen-bond donors (Lipinski definition) is 2. The molecule has 0 amide bonds. The highest BCUT2D eigenvalue weighted by molar-refractivity contribution is 7.08. The zero-order chi connectivity index (χ0) is 25.6. The molecule has 0 aliphatic heterocycles. The first-order valence-corrected chi connectivity index (χ1v) is 12.3. The highest BCUT2D eigenvalue weighted by Crippen LogP contribution is 2.38. The molecule has 2 aromatic heterocycles. The molecular weight excluding hydrogens is 490 g/mol. The van der Waals surface area contributed by atoms with E-state index in [0.29, 0.717) is 29.4 Å². The minimum atomic E-state index is -1.51. The van der Waals surface area contributed by atoms with Crippen LogP contribution in [0, 0.1) is 0 Å². The predicted molar refractivity (Wildman–Crippen MR) is 134 cm³/mol. The van der Waals surface area contributed by atoms with Gasteiger partial charge < -0.3 is 34.5 Å². The molecule has 10 heteroatoms. The van der Waals surface area contributed by atoms with Crippen LogP contribution in [-0.4, -0.2) is 44.9 Å². The Bertz CT molecular complexity index is 1060. The van der Waals surface area contributed by atoms with Crippen LogP contribution >= 0.6 is 22.7 Å². The average molecular weight is 518 g/mol. The van der Waals surface area contributed by atoms with Crippen LogP contribution in [0.4, 0.5) is 0 Å². The van der Waals surface area contributed by atoms with E-state index in [1.807, 2.05) is 12.1 Å². The summed E-state index contributed by atoms with van der Waals surface area (Å²) in [6, 6.07) is 8.35. The van der Waals surface area contributed by atoms with Crippen molar-refractivity contribution in [2.45, 2.75) is 6.54 Å². The van der Waals surface area contributed by atoms with Crippen LogP contribution in [0.5, 0.6) is 17.2 Å². The third kappa shape index (κ3) is 8.93. The predicted octanol–water partition coefficient (Wildman–Crippen LogP) is 2.41. The molecule has 8 nitrogen and oxygen atoms in total. The van der Waals surface area contributed by atoms with Gasteiger partial charge in [0.1, 0.15) is 6.54 Å². The lowest BCUT2D eigenvalue weighted by Crippen LogP contribution is -2.82. The maximum absolute atomic E-state index is 9.53. The highest BCUT2D eigenvalue weighted by Gasteiger charge is 2.14. The molecule has 3 rings (SSSR count). The van der Waals surface area contributed by atoms with Crippen LogP contribution in [0.3, 0.4) is 0 Å². The number of aliphatic carboxylic acids is 2. The number of carbonyl (C=O) groups excluding carboxylic acids is 1. The summed E-state index contributed by atoms with van der Waals surface area (Å²) in [6.45, 7) is 1.71. The number of ether oxygens (including phenoxy) is 3. The van der Waals surface area contributed by atoms with Crippen molar-refractivity contribution in [1.82, 2.24) is 0 Å². The Kier molecular flexibility index (Phi) is 11.5. The van der Waals surface area contributed by atoms with Crippen molar-refractivity contribution in [2.75, 3.05) is 27.9 Å². The number of quaternary nitrogens is 1. The van der Waals surface area contributed by atoms with Gasteiger partial charge in [0.05, 0.1) is 33.8 Å². The van der Waals surface area contributed by atoms with E-state index in [0.717, 1.165) is 18.7 Å². The summed E-state index contributed by atoms with van der Waals surface area (Å²) >= 11 is 3.45. The third-order valence-corrected chi connectivity index (χ3v) is 5.99. The largest absolute Gasteiger partial charge is 0.545 e. The second-order valence-corrected chi connectivity index (χ2v) is 8.45. The molecule has 0 bridgehead atoms. The van der Waals surface area contributed by atoms with Gasteiger partial charge in [0.25, 0.3) is 0 Å². The van der Waals surface area contributed by atoms with E-state index in [1.165, 1.54) is 16.7 Å². The maximum Gasteiger partial charge on any atom is 0.328 e. The van der Waals surface area contributed by atoms with Crippen LogP contribution in [0.1, 0.15) is 16.7 Å². The van der Waals surface area contributed by atoms with Gasteiger partial charge in [-0.15, -0.1) is 0 Å². The van der Waals surface area contributed by atoms with Crippen LogP contribution in [0.25, 0.3) is 5.57 Å². The van der Waals surface area contributed by atoms with Crippen molar-refractivity contribution in [1.29, 1.82) is 0 Å². The standard InChI is InChI=1S/C21H23NO3S2.C4H4O4/c1-23-19-10-15(11-20(24-2)21(19)25-3)12-22-7-4-18(16-5-8-26-13-16)17-6-9-27-14-17;5-3(6)1-2-4(7)8/h4-6,8-11,13-14,22H,7,12H2,1-3H3;1-2H,(H,5,6)(H,7,8)/b;2-1+. The lowest BCUT2D eigenvalue weighted by molar-refractivity contribution is -0.661. The molecular formula is C25H27NO7S2. The third-order valence-electron chi connectivity index (χ3n) is 4.62. The highest BCUT2D eigenvalue weighted by atomic mass is 32.1. The van der Waals surface area contributed by atoms with Crippen LogP contribution < -0.4 is 24.6 Å². The number of rotatable bonds is 11. The van der Waals surface area contributed by atoms with Crippen molar-refractivity contribution in [3.05, 3.63) is 80.7 Å². The lowest BCUT2D eigenvalue weighted by Gasteiger charge is -2.13. The summed E-state index contributed by atoms with van der Waals surface area (Å²) in [4.78, 5) is 19.0. The van der Waals surface area contributed by atoms with Gasteiger partial charge in [0, 0.05) is 11.6 Å². The first kappa shape index (κ1) is 27.6. The molecule has 186 valence electrons. The summed E-state index contributed by atoms with van der Waals surface area (Å²) in [7, 11) is 4.90. The molecule has 0 saturated carbocycles. The zero-order valence-electron chi connectivity index (χ0n) is 19.6. The fraction of sp³-hybridized carbons (Fsp3) is 0.200. The molecule has 3 aromatic rings. The summed E-state index contributed by atoms with van der Waals surface area (Å²) in [5.74, 6) is -0.802. The number of carboxylic acids is 2. The normalized spacial score (nSPS) is 10.3. The fourth-order valence-corrected chi connectivity index (χ4v) is 4.39. The second kappa shape index (κ2) is 14.6. The van der Waals surface area contributed by atoms with Crippen molar-refractivity contribution < 1.29 is 39.3 Å². The Balaban J connectivity index is 0.000000466. The van der Waals surface area contributed by atoms with E-state index >= 15 is 0 Å². The zero-order valence-corrected chi connectivity index (χ0v) is 21.2. The Morgan fingerprint density at radius 2 is 1.54 bits per heavy atom. The van der Waals surface area contributed by atoms with Crippen LogP contribution in [0.2, 0.25) is 0 Å². The fourth-order valence-electron chi connectivity index (χ4n) is 3.08. The van der Waals surface area contributed by atoms with Gasteiger partial charge in [-0.1, -0.05) is 0 Å². The second-order valence-electron chi connectivity index (χ2n) is 6.89. The molecule has 2 heterocycles. The topological polar surface area (TPSA) is 122 Å². The quantitative estimate of drug-likeness (QED) is 0.296. The van der Waals surface area contributed by atoms with Gasteiger partial charge in [-0.05, 0) is 74.6 Å². The van der Waals surface area contributed by atoms with E-state index in [1.54, 1.807) is 44.0 Å². The summed E-state index contributed by atoms with van der Waals surface area (Å²) in [6.07, 6.45) is 3.24. The van der Waals surface area contributed by atoms with Crippen LogP contribution in [-0.2, 0) is 16.1 Å². The summed E-state index contributed by atoms with van der Waals surface area (Å²) in [5, 5.41) is 28.1. The van der Waals surface area contributed by atoms with E-state index in [4.69, 9.17) is 19.3 Å². The number of carbonyl (C=O) groups is 2. The number of nitrogens with two attached hydrogens (primary N) is 1. The number of benzene rings is 1. The van der Waals surface area contributed by atoms with Gasteiger partial charge in [0.15, 0.2) is 11.5 Å². The van der Waals surface area contributed by atoms with Gasteiger partial charge in [-0.2, -0.15) is 22.7 Å². The van der Waals surface area contributed by atoms with Gasteiger partial charge in [0.2, 0.25) is 5.75 Å². The van der Waals surface area contributed by atoms with Gasteiger partial charge in [-0.25, -0.2) is 4.79 Å². The number of thiophene rings is 2. The average Bonchev–Trinajstić information content (AvgIpc) is 3.57. The monoisotopic (exact) mass is 517 g/mol. The molecule has 0 radical (unpaired) electrons. The molecule has 0 spiro atoms. The maximum atomic E-state index is 9.53. The van der Waals surface area contributed by atoms with Crippen molar-refractivity contribution in [2.24, 2.45) is 0 Å². The summed E-state index contributed by atoms with van der Waals surface area (Å²) < 4.78 is 16.3. The van der Waals surface area contributed by atoms with Crippen molar-refractivity contribution in [3.8, 4) is 17.2 Å². The molecule has 0 aliphatic rings.